The maximum Gasteiger partial charge on any atom is 0.243 e. The molecule has 0 aromatic heterocycles. The molecule has 0 radical (unpaired) electrons. The largest absolute Gasteiger partial charge is 0.345 e. The summed E-state index contributed by atoms with van der Waals surface area (Å²) < 4.78 is 12.2. The number of nitrogens with zero attached hydrogens (tertiary/aromatic N) is 1. The highest BCUT2D eigenvalue weighted by molar-refractivity contribution is 5.95. The minimum Gasteiger partial charge on any atom is -0.345 e. The summed E-state index contributed by atoms with van der Waals surface area (Å²) in [6.07, 6.45) is 0.283. The van der Waals surface area contributed by atoms with Gasteiger partial charge in [-0.05, 0) is 11.8 Å². The van der Waals surface area contributed by atoms with Crippen LogP contribution in [0.1, 0.15) is 27.2 Å². The highest BCUT2D eigenvalue weighted by atomic mass is 19.1. The summed E-state index contributed by atoms with van der Waals surface area (Å²) in [5, 5.41) is 2.57. The van der Waals surface area contributed by atoms with Crippen molar-refractivity contribution in [2.24, 2.45) is 5.41 Å². The van der Waals surface area contributed by atoms with Crippen LogP contribution in [0.5, 0.6) is 0 Å². The molecule has 0 spiro atoms. The number of nitrogens with one attached hydrogen (secondary N) is 1. The summed E-state index contributed by atoms with van der Waals surface area (Å²) in [5.41, 5.74) is -0.337. The lowest BCUT2D eigenvalue weighted by Crippen LogP contribution is -2.62. The monoisotopic (exact) mass is 230 g/mol. The van der Waals surface area contributed by atoms with Crippen LogP contribution in [-0.2, 0) is 9.59 Å². The van der Waals surface area contributed by atoms with E-state index in [4.69, 9.17) is 0 Å². The Bertz CT molecular complexity index is 286. The van der Waals surface area contributed by atoms with Gasteiger partial charge in [0, 0.05) is 6.54 Å². The molecule has 1 aliphatic heterocycles. The van der Waals surface area contributed by atoms with E-state index in [1.165, 1.54) is 4.90 Å². The molecule has 4 nitrogen and oxygen atoms in total. The number of carbonyl (C=O) groups is 2. The molecule has 1 N–H and O–H groups in total. The summed E-state index contributed by atoms with van der Waals surface area (Å²) in [6.45, 7) is 5.57. The summed E-state index contributed by atoms with van der Waals surface area (Å²) >= 11 is 0. The fourth-order valence-corrected chi connectivity index (χ4v) is 1.99. The van der Waals surface area contributed by atoms with Gasteiger partial charge in [-0.15, -0.1) is 0 Å². The molecule has 1 heterocycles. The lowest BCUT2D eigenvalue weighted by atomic mass is 9.84. The van der Waals surface area contributed by atoms with E-state index in [1.807, 2.05) is 20.8 Å². The topological polar surface area (TPSA) is 49.4 Å². The van der Waals surface area contributed by atoms with E-state index in [9.17, 15) is 14.0 Å². The Morgan fingerprint density at radius 2 is 2.06 bits per heavy atom. The SMILES string of the molecule is CC(C)(C)C1C(=O)NCC(=O)N1CCCF. The predicted octanol–water partition coefficient (Wildman–Crippen LogP) is 0.719. The van der Waals surface area contributed by atoms with Crippen LogP contribution in [0.3, 0.4) is 0 Å². The zero-order chi connectivity index (χ0) is 12.3. The summed E-state index contributed by atoms with van der Waals surface area (Å²) in [5.74, 6) is -0.279. The quantitative estimate of drug-likeness (QED) is 0.776. The van der Waals surface area contributed by atoms with Gasteiger partial charge in [0.05, 0.1) is 13.2 Å². The Labute approximate surface area is 95.2 Å². The number of alkyl halides is 1. The first-order valence-corrected chi connectivity index (χ1v) is 5.51. The van der Waals surface area contributed by atoms with Gasteiger partial charge < -0.3 is 10.2 Å². The summed E-state index contributed by atoms with van der Waals surface area (Å²) in [7, 11) is 0. The molecule has 1 atom stereocenters. The third-order valence-electron chi connectivity index (χ3n) is 2.65. The van der Waals surface area contributed by atoms with Crippen LogP contribution >= 0.6 is 0 Å². The first kappa shape index (κ1) is 12.9. The number of amides is 2. The molecule has 1 aliphatic rings. The molecule has 16 heavy (non-hydrogen) atoms. The maximum atomic E-state index is 12.2. The van der Waals surface area contributed by atoms with Crippen LogP contribution in [-0.4, -0.2) is 42.5 Å². The highest BCUT2D eigenvalue weighted by Gasteiger charge is 2.41. The van der Waals surface area contributed by atoms with Gasteiger partial charge in [-0.3, -0.25) is 14.0 Å². The van der Waals surface area contributed by atoms with Crippen LogP contribution in [0.15, 0.2) is 0 Å². The van der Waals surface area contributed by atoms with E-state index >= 15 is 0 Å². The van der Waals surface area contributed by atoms with Crippen LogP contribution < -0.4 is 5.32 Å². The second-order valence-corrected chi connectivity index (χ2v) is 5.12. The first-order chi connectivity index (χ1) is 7.38. The molecule has 1 unspecified atom stereocenters. The number of halogens is 1. The Morgan fingerprint density at radius 1 is 1.44 bits per heavy atom. The number of carbonyl (C=O) groups excluding carboxylic acids is 2. The number of hydrogen-bond acceptors (Lipinski definition) is 2. The standard InChI is InChI=1S/C11H19FN2O2/c1-11(2,3)9-10(16)13-7-8(15)14(9)6-4-5-12/h9H,4-7H2,1-3H3,(H,13,16). The van der Waals surface area contributed by atoms with Crippen molar-refractivity contribution in [3.63, 3.8) is 0 Å². The van der Waals surface area contributed by atoms with Crippen molar-refractivity contribution in [2.75, 3.05) is 19.8 Å². The van der Waals surface area contributed by atoms with Crippen molar-refractivity contribution < 1.29 is 14.0 Å². The molecular formula is C11H19FN2O2. The fraction of sp³-hybridized carbons (Fsp3) is 0.818. The van der Waals surface area contributed by atoms with Gasteiger partial charge in [0.15, 0.2) is 0 Å². The Balaban J connectivity index is 2.86. The average Bonchev–Trinajstić information content (AvgIpc) is 2.17. The van der Waals surface area contributed by atoms with E-state index in [-0.39, 0.29) is 30.2 Å². The Kier molecular flexibility index (Phi) is 3.88. The maximum absolute atomic E-state index is 12.2. The molecule has 0 aromatic rings. The second kappa shape index (κ2) is 4.80. The van der Waals surface area contributed by atoms with Gasteiger partial charge in [0.2, 0.25) is 11.8 Å². The molecule has 1 saturated heterocycles. The van der Waals surface area contributed by atoms with E-state index in [0.717, 1.165) is 0 Å². The predicted molar refractivity (Wildman–Crippen MR) is 58.6 cm³/mol. The lowest BCUT2D eigenvalue weighted by molar-refractivity contribution is -0.150. The van der Waals surface area contributed by atoms with Crippen molar-refractivity contribution in [3.05, 3.63) is 0 Å². The molecule has 1 rings (SSSR count). The zero-order valence-electron chi connectivity index (χ0n) is 10.0. The van der Waals surface area contributed by atoms with Crippen LogP contribution in [0, 0.1) is 5.41 Å². The molecule has 92 valence electrons. The molecule has 0 bridgehead atoms. The zero-order valence-corrected chi connectivity index (χ0v) is 10.0. The minimum absolute atomic E-state index is 0.0255. The molecule has 0 aliphatic carbocycles. The molecule has 2 amide bonds. The Hall–Kier alpha value is -1.13. The lowest BCUT2D eigenvalue weighted by Gasteiger charge is -2.42. The second-order valence-electron chi connectivity index (χ2n) is 5.12. The number of piperazine rings is 1. The summed E-state index contributed by atoms with van der Waals surface area (Å²) in [6, 6.07) is -0.500. The summed E-state index contributed by atoms with van der Waals surface area (Å²) in [4.78, 5) is 25.0. The average molecular weight is 230 g/mol. The van der Waals surface area contributed by atoms with Crippen molar-refractivity contribution >= 4 is 11.8 Å². The van der Waals surface area contributed by atoms with Crippen LogP contribution in [0.4, 0.5) is 4.39 Å². The van der Waals surface area contributed by atoms with Gasteiger partial charge in [0.1, 0.15) is 6.04 Å². The highest BCUT2D eigenvalue weighted by Crippen LogP contribution is 2.26. The van der Waals surface area contributed by atoms with E-state index in [1.54, 1.807) is 0 Å². The molecule has 5 heteroatoms. The van der Waals surface area contributed by atoms with Gasteiger partial charge >= 0.3 is 0 Å². The van der Waals surface area contributed by atoms with Gasteiger partial charge in [0.25, 0.3) is 0 Å². The third kappa shape index (κ3) is 2.71. The van der Waals surface area contributed by atoms with E-state index < -0.39 is 12.7 Å². The molecule has 1 fully saturated rings. The fourth-order valence-electron chi connectivity index (χ4n) is 1.99. The van der Waals surface area contributed by atoms with Crippen molar-refractivity contribution in [1.82, 2.24) is 10.2 Å². The van der Waals surface area contributed by atoms with Gasteiger partial charge in [-0.1, -0.05) is 20.8 Å². The van der Waals surface area contributed by atoms with Crippen molar-refractivity contribution in [1.29, 1.82) is 0 Å². The Morgan fingerprint density at radius 3 is 2.56 bits per heavy atom. The smallest absolute Gasteiger partial charge is 0.243 e. The normalized spacial score (nSPS) is 22.2. The van der Waals surface area contributed by atoms with Gasteiger partial charge in [-0.2, -0.15) is 0 Å². The molecule has 0 saturated carbocycles. The molecular weight excluding hydrogens is 211 g/mol. The van der Waals surface area contributed by atoms with Crippen molar-refractivity contribution in [3.8, 4) is 0 Å². The van der Waals surface area contributed by atoms with Crippen LogP contribution in [0.2, 0.25) is 0 Å². The number of hydrogen-bond donors (Lipinski definition) is 1. The third-order valence-corrected chi connectivity index (χ3v) is 2.65. The minimum atomic E-state index is -0.500. The van der Waals surface area contributed by atoms with E-state index in [2.05, 4.69) is 5.32 Å². The first-order valence-electron chi connectivity index (χ1n) is 5.51. The number of rotatable bonds is 3. The van der Waals surface area contributed by atoms with Crippen LogP contribution in [0.25, 0.3) is 0 Å². The van der Waals surface area contributed by atoms with E-state index in [0.29, 0.717) is 6.54 Å². The molecule has 0 aromatic carbocycles. The van der Waals surface area contributed by atoms with Crippen molar-refractivity contribution in [2.45, 2.75) is 33.2 Å². The van der Waals surface area contributed by atoms with Gasteiger partial charge in [-0.25, -0.2) is 0 Å².